The number of anilines is 1. The maximum atomic E-state index is 12.8. The second-order valence-electron chi connectivity index (χ2n) is 5.39. The number of pyridine rings is 1. The highest BCUT2D eigenvalue weighted by atomic mass is 79.9. The Balaban J connectivity index is 1.74. The lowest BCUT2D eigenvalue weighted by Gasteiger charge is -2.35. The number of aromatic nitrogens is 1. The molecule has 0 N–H and O–H groups in total. The number of halogens is 1. The number of rotatable bonds is 4. The van der Waals surface area contributed by atoms with Gasteiger partial charge in [-0.15, -0.1) is 0 Å². The third kappa shape index (κ3) is 3.40. The zero-order chi connectivity index (χ0) is 17.2. The molecule has 6 nitrogen and oxygen atoms in total. The zero-order valence-corrected chi connectivity index (χ0v) is 15.6. The van der Waals surface area contributed by atoms with Gasteiger partial charge < -0.3 is 9.64 Å². The van der Waals surface area contributed by atoms with Crippen molar-refractivity contribution in [1.29, 1.82) is 0 Å². The van der Waals surface area contributed by atoms with Crippen molar-refractivity contribution in [2.75, 3.05) is 38.2 Å². The fourth-order valence-corrected chi connectivity index (χ4v) is 4.84. The topological polar surface area (TPSA) is 62.7 Å². The molecule has 0 unspecified atom stereocenters. The van der Waals surface area contributed by atoms with Gasteiger partial charge >= 0.3 is 0 Å². The van der Waals surface area contributed by atoms with Crippen molar-refractivity contribution in [2.45, 2.75) is 4.90 Å². The maximum absolute atomic E-state index is 12.8. The summed E-state index contributed by atoms with van der Waals surface area (Å²) in [7, 11) is -1.96. The molecule has 1 fully saturated rings. The van der Waals surface area contributed by atoms with Crippen molar-refractivity contribution in [2.24, 2.45) is 0 Å². The smallest absolute Gasteiger partial charge is 0.243 e. The van der Waals surface area contributed by atoms with Gasteiger partial charge in [-0.3, -0.25) is 4.98 Å². The second kappa shape index (κ2) is 7.08. The highest BCUT2D eigenvalue weighted by molar-refractivity contribution is 9.10. The SMILES string of the molecule is COc1ccc(S(=O)(=O)N2CCN(c3ccncc3)CC2)cc1Br. The monoisotopic (exact) mass is 411 g/mol. The summed E-state index contributed by atoms with van der Waals surface area (Å²) in [5.74, 6) is 0.608. The van der Waals surface area contributed by atoms with Crippen LogP contribution in [0, 0.1) is 0 Å². The standard InChI is InChI=1S/C16H18BrN3O3S/c1-23-16-3-2-14(12-15(16)17)24(21,22)20-10-8-19(9-11-20)13-4-6-18-7-5-13/h2-7,12H,8-11H2,1H3. The highest BCUT2D eigenvalue weighted by Gasteiger charge is 2.29. The third-order valence-electron chi connectivity index (χ3n) is 4.03. The summed E-state index contributed by atoms with van der Waals surface area (Å²) < 4.78 is 32.9. The first-order valence-corrected chi connectivity index (χ1v) is 9.74. The number of nitrogens with zero attached hydrogens (tertiary/aromatic N) is 3. The fourth-order valence-electron chi connectivity index (χ4n) is 2.70. The van der Waals surface area contributed by atoms with Crippen LogP contribution in [-0.4, -0.2) is 51.0 Å². The normalized spacial score (nSPS) is 16.2. The molecule has 2 heterocycles. The molecule has 0 spiro atoms. The van der Waals surface area contributed by atoms with E-state index in [9.17, 15) is 8.42 Å². The van der Waals surface area contributed by atoms with E-state index < -0.39 is 10.0 Å². The van der Waals surface area contributed by atoms with Gasteiger partial charge in [0.1, 0.15) is 5.75 Å². The Morgan fingerprint density at radius 1 is 1.08 bits per heavy atom. The van der Waals surface area contributed by atoms with E-state index >= 15 is 0 Å². The number of methoxy groups -OCH3 is 1. The van der Waals surface area contributed by atoms with Gasteiger partial charge in [-0.1, -0.05) is 0 Å². The molecule has 0 radical (unpaired) electrons. The minimum atomic E-state index is -3.51. The van der Waals surface area contributed by atoms with Crippen molar-refractivity contribution in [3.63, 3.8) is 0 Å². The molecule has 1 aromatic heterocycles. The average Bonchev–Trinajstić information content (AvgIpc) is 2.62. The van der Waals surface area contributed by atoms with Crippen LogP contribution in [0.3, 0.4) is 0 Å². The van der Waals surface area contributed by atoms with Crippen LogP contribution in [0.15, 0.2) is 52.1 Å². The van der Waals surface area contributed by atoms with E-state index in [0.717, 1.165) is 5.69 Å². The average molecular weight is 412 g/mol. The van der Waals surface area contributed by atoms with E-state index in [0.29, 0.717) is 36.4 Å². The molecule has 1 aliphatic heterocycles. The van der Waals surface area contributed by atoms with Crippen molar-refractivity contribution in [3.8, 4) is 5.75 Å². The summed E-state index contributed by atoms with van der Waals surface area (Å²) in [6.07, 6.45) is 3.49. The van der Waals surface area contributed by atoms with E-state index in [2.05, 4.69) is 25.8 Å². The van der Waals surface area contributed by atoms with Gasteiger partial charge in [0.15, 0.2) is 0 Å². The molecule has 1 saturated heterocycles. The van der Waals surface area contributed by atoms with Crippen LogP contribution in [0.2, 0.25) is 0 Å². The molecule has 3 rings (SSSR count). The van der Waals surface area contributed by atoms with E-state index in [1.807, 2.05) is 12.1 Å². The van der Waals surface area contributed by atoms with E-state index in [4.69, 9.17) is 4.74 Å². The third-order valence-corrected chi connectivity index (χ3v) is 6.54. The minimum Gasteiger partial charge on any atom is -0.496 e. The van der Waals surface area contributed by atoms with Gasteiger partial charge in [0.2, 0.25) is 10.0 Å². The number of hydrogen-bond acceptors (Lipinski definition) is 5. The number of hydrogen-bond donors (Lipinski definition) is 0. The number of ether oxygens (including phenoxy) is 1. The van der Waals surface area contributed by atoms with E-state index in [-0.39, 0.29) is 4.90 Å². The lowest BCUT2D eigenvalue weighted by Crippen LogP contribution is -2.48. The first kappa shape index (κ1) is 17.2. The van der Waals surface area contributed by atoms with Gasteiger partial charge in [-0.05, 0) is 46.3 Å². The first-order valence-electron chi connectivity index (χ1n) is 7.51. The summed E-state index contributed by atoms with van der Waals surface area (Å²) in [6, 6.07) is 8.69. The molecule has 24 heavy (non-hydrogen) atoms. The Morgan fingerprint density at radius 2 is 1.75 bits per heavy atom. The van der Waals surface area contributed by atoms with Crippen LogP contribution in [0.5, 0.6) is 5.75 Å². The molecule has 0 aliphatic carbocycles. The Labute approximate surface area is 150 Å². The Bertz CT molecular complexity index is 807. The van der Waals surface area contributed by atoms with E-state index in [1.54, 1.807) is 37.7 Å². The summed E-state index contributed by atoms with van der Waals surface area (Å²) in [6.45, 7) is 2.21. The molecule has 8 heteroatoms. The number of benzene rings is 1. The lowest BCUT2D eigenvalue weighted by molar-refractivity contribution is 0.384. The van der Waals surface area contributed by atoms with Gasteiger partial charge in [-0.25, -0.2) is 8.42 Å². The van der Waals surface area contributed by atoms with E-state index in [1.165, 1.54) is 4.31 Å². The molecule has 0 saturated carbocycles. The predicted molar refractivity (Wildman–Crippen MR) is 95.9 cm³/mol. The van der Waals surface area contributed by atoms with Crippen molar-refractivity contribution in [1.82, 2.24) is 9.29 Å². The Hall–Kier alpha value is -1.64. The van der Waals surface area contributed by atoms with Crippen LogP contribution >= 0.6 is 15.9 Å². The van der Waals surface area contributed by atoms with Crippen LogP contribution in [0.1, 0.15) is 0 Å². The molecular formula is C16H18BrN3O3S. The largest absolute Gasteiger partial charge is 0.496 e. The van der Waals surface area contributed by atoms with Crippen LogP contribution in [0.25, 0.3) is 0 Å². The van der Waals surface area contributed by atoms with Gasteiger partial charge in [-0.2, -0.15) is 4.31 Å². The number of sulfonamides is 1. The quantitative estimate of drug-likeness (QED) is 0.772. The minimum absolute atomic E-state index is 0.271. The second-order valence-corrected chi connectivity index (χ2v) is 8.19. The number of piperazine rings is 1. The van der Waals surface area contributed by atoms with Crippen LogP contribution in [-0.2, 0) is 10.0 Å². The summed E-state index contributed by atoms with van der Waals surface area (Å²) >= 11 is 3.34. The highest BCUT2D eigenvalue weighted by Crippen LogP contribution is 2.29. The first-order chi connectivity index (χ1) is 11.5. The van der Waals surface area contributed by atoms with Crippen molar-refractivity contribution >= 4 is 31.6 Å². The van der Waals surface area contributed by atoms with Gasteiger partial charge in [0.25, 0.3) is 0 Å². The molecule has 2 aromatic rings. The zero-order valence-electron chi connectivity index (χ0n) is 13.2. The molecule has 0 bridgehead atoms. The van der Waals surface area contributed by atoms with Crippen molar-refractivity contribution < 1.29 is 13.2 Å². The predicted octanol–water partition coefficient (Wildman–Crippen LogP) is 2.36. The van der Waals surface area contributed by atoms with Gasteiger partial charge in [0, 0.05) is 44.3 Å². The summed E-state index contributed by atoms with van der Waals surface area (Å²) in [5.41, 5.74) is 1.06. The fraction of sp³-hybridized carbons (Fsp3) is 0.312. The Kier molecular flexibility index (Phi) is 5.07. The summed E-state index contributed by atoms with van der Waals surface area (Å²) in [4.78, 5) is 6.44. The van der Waals surface area contributed by atoms with Crippen molar-refractivity contribution in [3.05, 3.63) is 47.2 Å². The van der Waals surface area contributed by atoms with Crippen LogP contribution in [0.4, 0.5) is 5.69 Å². The molecule has 1 aliphatic rings. The molecule has 1 aromatic carbocycles. The molecule has 0 amide bonds. The molecule has 128 valence electrons. The maximum Gasteiger partial charge on any atom is 0.243 e. The lowest BCUT2D eigenvalue weighted by atomic mass is 10.3. The van der Waals surface area contributed by atoms with Gasteiger partial charge in [0.05, 0.1) is 16.5 Å². The van der Waals surface area contributed by atoms with Crippen LogP contribution < -0.4 is 9.64 Å². The molecular weight excluding hydrogens is 394 g/mol. The molecule has 0 atom stereocenters. The Morgan fingerprint density at radius 3 is 2.33 bits per heavy atom. The summed E-state index contributed by atoms with van der Waals surface area (Å²) in [5, 5.41) is 0.